The number of nitrogens with one attached hydrogen (secondary N) is 3. The fourth-order valence-corrected chi connectivity index (χ4v) is 0.791. The fraction of sp³-hybridized carbons (Fsp3) is 1.00. The molecule has 0 unspecified atom stereocenters. The lowest BCUT2D eigenvalue weighted by Gasteiger charge is -2.03. The van der Waals surface area contributed by atoms with Gasteiger partial charge in [0.2, 0.25) is 0 Å². The zero-order chi connectivity index (χ0) is 7.66. The molecule has 0 aliphatic carbocycles. The topological polar surface area (TPSA) is 36.1 Å². The van der Waals surface area contributed by atoms with Crippen molar-refractivity contribution in [3.8, 4) is 0 Å². The molecule has 3 N–H and O–H groups in total. The van der Waals surface area contributed by atoms with Crippen molar-refractivity contribution in [2.24, 2.45) is 0 Å². The van der Waals surface area contributed by atoms with Crippen LogP contribution in [0.2, 0.25) is 0 Å². The van der Waals surface area contributed by atoms with Crippen LogP contribution in [-0.2, 0) is 0 Å². The Hall–Kier alpha value is -0.120. The summed E-state index contributed by atoms with van der Waals surface area (Å²) >= 11 is 0. The monoisotopic (exact) mass is 145 g/mol. The summed E-state index contributed by atoms with van der Waals surface area (Å²) in [6.07, 6.45) is 5.23. The molecule has 0 aromatic rings. The molecule has 3 nitrogen and oxygen atoms in total. The molecule has 0 atom stereocenters. The van der Waals surface area contributed by atoms with Crippen molar-refractivity contribution in [2.45, 2.75) is 32.6 Å². The average molecular weight is 145 g/mol. The van der Waals surface area contributed by atoms with E-state index in [-0.39, 0.29) is 0 Å². The van der Waals surface area contributed by atoms with E-state index in [2.05, 4.69) is 23.3 Å². The van der Waals surface area contributed by atoms with E-state index >= 15 is 0 Å². The van der Waals surface area contributed by atoms with Gasteiger partial charge >= 0.3 is 0 Å². The Morgan fingerprint density at radius 3 is 2.50 bits per heavy atom. The second-order valence-corrected chi connectivity index (χ2v) is 2.36. The Labute approximate surface area is 63.5 Å². The van der Waals surface area contributed by atoms with Gasteiger partial charge in [0.05, 0.1) is 0 Å². The first kappa shape index (κ1) is 9.88. The lowest BCUT2D eigenvalue weighted by atomic mass is 10.2. The van der Waals surface area contributed by atoms with Crippen molar-refractivity contribution in [2.75, 3.05) is 13.6 Å². The minimum Gasteiger partial charge on any atom is -0.247 e. The summed E-state index contributed by atoms with van der Waals surface area (Å²) < 4.78 is 0. The summed E-state index contributed by atoms with van der Waals surface area (Å²) in [5.41, 5.74) is 8.66. The molecule has 0 saturated heterocycles. The third-order valence-corrected chi connectivity index (χ3v) is 1.37. The normalized spacial score (nSPS) is 10.2. The van der Waals surface area contributed by atoms with Crippen molar-refractivity contribution in [1.29, 1.82) is 0 Å². The maximum Gasteiger partial charge on any atom is 0.0113 e. The maximum atomic E-state index is 3.03. The van der Waals surface area contributed by atoms with Crippen LogP contribution in [0.3, 0.4) is 0 Å². The van der Waals surface area contributed by atoms with E-state index in [1.807, 2.05) is 7.05 Å². The van der Waals surface area contributed by atoms with Gasteiger partial charge in [-0.15, -0.1) is 0 Å². The Bertz CT molecular complexity index is 48.8. The third-order valence-electron chi connectivity index (χ3n) is 1.37. The Morgan fingerprint density at radius 1 is 1.10 bits per heavy atom. The highest BCUT2D eigenvalue weighted by molar-refractivity contribution is 4.41. The molecular formula is C7H19N3. The van der Waals surface area contributed by atoms with Gasteiger partial charge in [0.25, 0.3) is 0 Å². The van der Waals surface area contributed by atoms with Gasteiger partial charge < -0.3 is 0 Å². The van der Waals surface area contributed by atoms with Gasteiger partial charge in [-0.1, -0.05) is 26.2 Å². The number of hydrogen-bond donors (Lipinski definition) is 3. The summed E-state index contributed by atoms with van der Waals surface area (Å²) in [6, 6.07) is 0. The SMILES string of the molecule is CCCCCCNNNC. The van der Waals surface area contributed by atoms with Crippen LogP contribution in [0.4, 0.5) is 0 Å². The Morgan fingerprint density at radius 2 is 1.90 bits per heavy atom. The van der Waals surface area contributed by atoms with Crippen LogP contribution in [0.5, 0.6) is 0 Å². The van der Waals surface area contributed by atoms with Crippen LogP contribution >= 0.6 is 0 Å². The summed E-state index contributed by atoms with van der Waals surface area (Å²) in [5, 5.41) is 0. The van der Waals surface area contributed by atoms with Gasteiger partial charge in [-0.3, -0.25) is 0 Å². The van der Waals surface area contributed by atoms with E-state index in [9.17, 15) is 0 Å². The summed E-state index contributed by atoms with van der Waals surface area (Å²) in [4.78, 5) is 0. The molecule has 10 heavy (non-hydrogen) atoms. The van der Waals surface area contributed by atoms with Crippen LogP contribution in [0.1, 0.15) is 32.6 Å². The number of unbranched alkanes of at least 4 members (excludes halogenated alkanes) is 3. The van der Waals surface area contributed by atoms with Crippen molar-refractivity contribution in [3.05, 3.63) is 0 Å². The second kappa shape index (κ2) is 8.88. The molecule has 0 aliphatic heterocycles. The highest BCUT2D eigenvalue weighted by Gasteiger charge is 1.85. The molecule has 0 aromatic heterocycles. The highest BCUT2D eigenvalue weighted by Crippen LogP contribution is 1.96. The van der Waals surface area contributed by atoms with E-state index in [1.54, 1.807) is 0 Å². The van der Waals surface area contributed by atoms with Crippen LogP contribution in [0, 0.1) is 0 Å². The molecule has 0 heterocycles. The van der Waals surface area contributed by atoms with E-state index in [0.29, 0.717) is 0 Å². The van der Waals surface area contributed by atoms with Crippen LogP contribution in [0.25, 0.3) is 0 Å². The molecule has 0 spiro atoms. The zero-order valence-electron chi connectivity index (χ0n) is 7.04. The van der Waals surface area contributed by atoms with Crippen LogP contribution < -0.4 is 16.4 Å². The molecule has 0 aromatic carbocycles. The van der Waals surface area contributed by atoms with Gasteiger partial charge in [0.15, 0.2) is 0 Å². The molecule has 0 fully saturated rings. The summed E-state index contributed by atoms with van der Waals surface area (Å²) in [6.45, 7) is 3.26. The lowest BCUT2D eigenvalue weighted by molar-refractivity contribution is 0.455. The standard InChI is InChI=1S/C7H19N3/c1-3-4-5-6-7-9-10-8-2/h8-10H,3-7H2,1-2H3. The van der Waals surface area contributed by atoms with Gasteiger partial charge in [-0.05, 0) is 13.5 Å². The average Bonchev–Trinajstić information content (AvgIpc) is 1.97. The number of rotatable bonds is 7. The summed E-state index contributed by atoms with van der Waals surface area (Å²) in [5.74, 6) is 0. The number of hydrazine groups is 2. The lowest BCUT2D eigenvalue weighted by Crippen LogP contribution is -2.41. The van der Waals surface area contributed by atoms with E-state index in [4.69, 9.17) is 0 Å². The Balaban J connectivity index is 2.65. The van der Waals surface area contributed by atoms with E-state index < -0.39 is 0 Å². The molecule has 0 saturated carbocycles. The Kier molecular flexibility index (Phi) is 8.77. The quantitative estimate of drug-likeness (QED) is 0.366. The van der Waals surface area contributed by atoms with Gasteiger partial charge in [0, 0.05) is 6.54 Å². The van der Waals surface area contributed by atoms with Crippen molar-refractivity contribution in [3.63, 3.8) is 0 Å². The van der Waals surface area contributed by atoms with E-state index in [0.717, 1.165) is 6.54 Å². The first-order valence-corrected chi connectivity index (χ1v) is 4.06. The molecule has 62 valence electrons. The van der Waals surface area contributed by atoms with Crippen LogP contribution in [-0.4, -0.2) is 13.6 Å². The first-order valence-electron chi connectivity index (χ1n) is 4.06. The first-order chi connectivity index (χ1) is 4.91. The molecule has 0 rings (SSSR count). The van der Waals surface area contributed by atoms with Gasteiger partial charge in [-0.25, -0.2) is 10.9 Å². The molecule has 0 amide bonds. The molecular weight excluding hydrogens is 126 g/mol. The van der Waals surface area contributed by atoms with Crippen molar-refractivity contribution < 1.29 is 0 Å². The maximum absolute atomic E-state index is 3.03. The minimum absolute atomic E-state index is 1.04. The molecule has 0 radical (unpaired) electrons. The van der Waals surface area contributed by atoms with Crippen molar-refractivity contribution in [1.82, 2.24) is 16.4 Å². The zero-order valence-corrected chi connectivity index (χ0v) is 7.04. The molecule has 0 aliphatic rings. The smallest absolute Gasteiger partial charge is 0.0113 e. The largest absolute Gasteiger partial charge is 0.247 e. The van der Waals surface area contributed by atoms with Crippen molar-refractivity contribution >= 4 is 0 Å². The van der Waals surface area contributed by atoms with E-state index in [1.165, 1.54) is 25.7 Å². The predicted molar refractivity (Wildman–Crippen MR) is 44.3 cm³/mol. The number of hydrogen-bond acceptors (Lipinski definition) is 3. The third kappa shape index (κ3) is 7.88. The second-order valence-electron chi connectivity index (χ2n) is 2.36. The predicted octanol–water partition coefficient (Wildman–Crippen LogP) is 0.795. The molecule has 0 bridgehead atoms. The molecule has 3 heteroatoms. The summed E-state index contributed by atoms with van der Waals surface area (Å²) in [7, 11) is 1.85. The minimum atomic E-state index is 1.04. The highest BCUT2D eigenvalue weighted by atomic mass is 15.6. The van der Waals surface area contributed by atoms with Gasteiger partial charge in [-0.2, -0.15) is 5.53 Å². The fourth-order valence-electron chi connectivity index (χ4n) is 0.791. The van der Waals surface area contributed by atoms with Crippen LogP contribution in [0.15, 0.2) is 0 Å². The van der Waals surface area contributed by atoms with Gasteiger partial charge in [0.1, 0.15) is 0 Å².